The third-order valence-corrected chi connectivity index (χ3v) is 6.88. The number of anilines is 1. The molecule has 1 aromatic heterocycles. The van der Waals surface area contributed by atoms with Crippen molar-refractivity contribution in [2.45, 2.75) is 45.1 Å². The summed E-state index contributed by atoms with van der Waals surface area (Å²) in [7, 11) is -4.17. The number of ether oxygens (including phenoxy) is 1. The Bertz CT molecular complexity index is 1240. The summed E-state index contributed by atoms with van der Waals surface area (Å²) in [6.45, 7) is 8.55. The molecule has 0 radical (unpaired) electrons. The van der Waals surface area contributed by atoms with E-state index < -0.39 is 28.1 Å². The molecule has 0 aliphatic heterocycles. The molecular formula is C22H24Cl2N2O4S. The number of halogens is 2. The number of fused-ring (bicyclic) bond motifs is 1. The summed E-state index contributed by atoms with van der Waals surface area (Å²) in [4.78, 5) is 15.7. The van der Waals surface area contributed by atoms with Crippen molar-refractivity contribution >= 4 is 55.8 Å². The molecule has 2 aromatic carbocycles. The van der Waals surface area contributed by atoms with E-state index in [-0.39, 0.29) is 14.9 Å². The van der Waals surface area contributed by atoms with Gasteiger partial charge in [0.05, 0.1) is 10.6 Å². The Hall–Kier alpha value is -2.22. The Morgan fingerprint density at radius 1 is 1.06 bits per heavy atom. The van der Waals surface area contributed by atoms with Crippen LogP contribution in [0.1, 0.15) is 32.0 Å². The first kappa shape index (κ1) is 23.4. The predicted octanol–water partition coefficient (Wildman–Crippen LogP) is 5.63. The number of hydrogen-bond donors (Lipinski definition) is 1. The van der Waals surface area contributed by atoms with Gasteiger partial charge in [0.25, 0.3) is 10.0 Å². The molecular weight excluding hydrogens is 459 g/mol. The van der Waals surface area contributed by atoms with Gasteiger partial charge in [-0.15, -0.1) is 0 Å². The summed E-state index contributed by atoms with van der Waals surface area (Å²) in [6.07, 6.45) is 0. The first-order chi connectivity index (χ1) is 14.3. The molecule has 0 atom stereocenters. The molecule has 6 nitrogen and oxygen atoms in total. The standard InChI is InChI=1S/C22H24Cl2N2O4S/c1-13-14(2)25-20-7-6-17(11-19(13)20)26(12-21(27)30-22(3,4)5)31(28,29)18-9-15(23)8-16(24)10-18/h6-11,25H,12H2,1-5H3. The zero-order valence-corrected chi connectivity index (χ0v) is 20.2. The highest BCUT2D eigenvalue weighted by Crippen LogP contribution is 2.32. The van der Waals surface area contributed by atoms with E-state index in [1.807, 2.05) is 13.8 Å². The van der Waals surface area contributed by atoms with E-state index in [0.29, 0.717) is 5.69 Å². The number of H-pyrrole nitrogens is 1. The first-order valence-corrected chi connectivity index (χ1v) is 11.8. The van der Waals surface area contributed by atoms with E-state index in [9.17, 15) is 13.2 Å². The van der Waals surface area contributed by atoms with Gasteiger partial charge in [0.15, 0.2) is 0 Å². The minimum Gasteiger partial charge on any atom is -0.459 e. The van der Waals surface area contributed by atoms with Crippen molar-refractivity contribution in [3.63, 3.8) is 0 Å². The van der Waals surface area contributed by atoms with Crippen LogP contribution >= 0.6 is 23.2 Å². The molecule has 0 bridgehead atoms. The van der Waals surface area contributed by atoms with Gasteiger partial charge in [-0.1, -0.05) is 23.2 Å². The monoisotopic (exact) mass is 482 g/mol. The molecule has 166 valence electrons. The second-order valence-corrected chi connectivity index (χ2v) is 11.0. The number of nitrogens with zero attached hydrogens (tertiary/aromatic N) is 1. The van der Waals surface area contributed by atoms with Gasteiger partial charge in [0.1, 0.15) is 12.1 Å². The minimum atomic E-state index is -4.17. The van der Waals surface area contributed by atoms with Crippen LogP contribution in [-0.2, 0) is 19.6 Å². The summed E-state index contributed by atoms with van der Waals surface area (Å²) in [6, 6.07) is 9.21. The van der Waals surface area contributed by atoms with Crippen molar-refractivity contribution in [2.24, 2.45) is 0 Å². The minimum absolute atomic E-state index is 0.115. The summed E-state index contributed by atoms with van der Waals surface area (Å²) in [5.41, 5.74) is 2.42. The van der Waals surface area contributed by atoms with Gasteiger partial charge >= 0.3 is 5.97 Å². The molecule has 0 saturated carbocycles. The number of carbonyl (C=O) groups is 1. The van der Waals surface area contributed by atoms with Crippen molar-refractivity contribution in [1.29, 1.82) is 0 Å². The number of aromatic nitrogens is 1. The van der Waals surface area contributed by atoms with Crippen molar-refractivity contribution in [2.75, 3.05) is 10.8 Å². The van der Waals surface area contributed by atoms with Crippen LogP contribution < -0.4 is 4.31 Å². The van der Waals surface area contributed by atoms with Crippen molar-refractivity contribution in [3.8, 4) is 0 Å². The Kier molecular flexibility index (Phi) is 6.33. The zero-order valence-electron chi connectivity index (χ0n) is 17.9. The lowest BCUT2D eigenvalue weighted by atomic mass is 10.1. The van der Waals surface area contributed by atoms with Crippen LogP contribution in [0.5, 0.6) is 0 Å². The number of carbonyl (C=O) groups excluding carboxylic acids is 1. The van der Waals surface area contributed by atoms with Crippen molar-refractivity contribution in [1.82, 2.24) is 4.98 Å². The Morgan fingerprint density at radius 2 is 1.68 bits per heavy atom. The lowest BCUT2D eigenvalue weighted by Crippen LogP contribution is -2.39. The molecule has 0 fully saturated rings. The average molecular weight is 483 g/mol. The molecule has 0 spiro atoms. The highest BCUT2D eigenvalue weighted by Gasteiger charge is 2.30. The molecule has 31 heavy (non-hydrogen) atoms. The Balaban J connectivity index is 2.14. The van der Waals surface area contributed by atoms with Crippen LogP contribution in [0.2, 0.25) is 10.0 Å². The maximum atomic E-state index is 13.6. The van der Waals surface area contributed by atoms with Crippen LogP contribution in [0.15, 0.2) is 41.3 Å². The molecule has 0 aliphatic rings. The van der Waals surface area contributed by atoms with Crippen LogP contribution in [0.3, 0.4) is 0 Å². The smallest absolute Gasteiger partial charge is 0.327 e. The van der Waals surface area contributed by atoms with Crippen LogP contribution in [0, 0.1) is 13.8 Å². The van der Waals surface area contributed by atoms with E-state index in [4.69, 9.17) is 27.9 Å². The second kappa shape index (κ2) is 8.37. The average Bonchev–Trinajstić information content (AvgIpc) is 2.91. The maximum absolute atomic E-state index is 13.6. The lowest BCUT2D eigenvalue weighted by molar-refractivity contribution is -0.152. The summed E-state index contributed by atoms with van der Waals surface area (Å²) < 4.78 is 33.5. The molecule has 0 saturated heterocycles. The highest BCUT2D eigenvalue weighted by atomic mass is 35.5. The lowest BCUT2D eigenvalue weighted by Gasteiger charge is -2.26. The summed E-state index contributed by atoms with van der Waals surface area (Å²) in [5, 5.41) is 1.22. The molecule has 3 rings (SSSR count). The molecule has 3 aromatic rings. The van der Waals surface area contributed by atoms with Crippen LogP contribution in [-0.4, -0.2) is 31.5 Å². The van der Waals surface area contributed by atoms with E-state index in [2.05, 4.69) is 4.98 Å². The van der Waals surface area contributed by atoms with Crippen LogP contribution in [0.4, 0.5) is 5.69 Å². The normalized spacial score (nSPS) is 12.2. The maximum Gasteiger partial charge on any atom is 0.327 e. The van der Waals surface area contributed by atoms with Gasteiger partial charge in [-0.05, 0) is 76.6 Å². The van der Waals surface area contributed by atoms with Crippen molar-refractivity contribution < 1.29 is 17.9 Å². The van der Waals surface area contributed by atoms with Gasteiger partial charge in [-0.25, -0.2) is 8.42 Å². The highest BCUT2D eigenvalue weighted by molar-refractivity contribution is 7.92. The van der Waals surface area contributed by atoms with E-state index in [1.54, 1.807) is 39.0 Å². The van der Waals surface area contributed by atoms with Gasteiger partial charge in [0.2, 0.25) is 0 Å². The SMILES string of the molecule is Cc1[nH]c2ccc(N(CC(=O)OC(C)(C)C)S(=O)(=O)c3cc(Cl)cc(Cl)c3)cc2c1C. The van der Waals surface area contributed by atoms with E-state index in [0.717, 1.165) is 26.5 Å². The summed E-state index contributed by atoms with van der Waals surface area (Å²) >= 11 is 12.1. The first-order valence-electron chi connectivity index (χ1n) is 9.57. The number of nitrogens with one attached hydrogen (secondary N) is 1. The van der Waals surface area contributed by atoms with E-state index in [1.165, 1.54) is 18.2 Å². The number of benzene rings is 2. The number of sulfonamides is 1. The largest absolute Gasteiger partial charge is 0.459 e. The van der Waals surface area contributed by atoms with Gasteiger partial charge in [0, 0.05) is 26.6 Å². The second-order valence-electron chi connectivity index (χ2n) is 8.31. The zero-order chi connectivity index (χ0) is 23.1. The summed E-state index contributed by atoms with van der Waals surface area (Å²) in [5.74, 6) is -0.675. The third-order valence-electron chi connectivity index (χ3n) is 4.70. The third kappa shape index (κ3) is 5.17. The van der Waals surface area contributed by atoms with E-state index >= 15 is 0 Å². The molecule has 0 unspecified atom stereocenters. The van der Waals surface area contributed by atoms with Gasteiger partial charge in [-0.2, -0.15) is 0 Å². The van der Waals surface area contributed by atoms with Gasteiger partial charge < -0.3 is 9.72 Å². The topological polar surface area (TPSA) is 79.5 Å². The number of hydrogen-bond acceptors (Lipinski definition) is 4. The molecule has 9 heteroatoms. The molecule has 0 amide bonds. The fourth-order valence-electron chi connectivity index (χ4n) is 3.22. The Morgan fingerprint density at radius 3 is 2.26 bits per heavy atom. The quantitative estimate of drug-likeness (QED) is 0.477. The van der Waals surface area contributed by atoms with Crippen LogP contribution in [0.25, 0.3) is 10.9 Å². The molecule has 1 N–H and O–H groups in total. The number of rotatable bonds is 5. The fraction of sp³-hybridized carbons (Fsp3) is 0.318. The molecule has 1 heterocycles. The van der Waals surface area contributed by atoms with Crippen molar-refractivity contribution in [3.05, 3.63) is 57.7 Å². The van der Waals surface area contributed by atoms with Gasteiger partial charge in [-0.3, -0.25) is 9.10 Å². The number of aryl methyl sites for hydroxylation is 2. The number of aromatic amines is 1. The number of esters is 1. The fourth-order valence-corrected chi connectivity index (χ4v) is 5.34. The molecule has 0 aliphatic carbocycles. The predicted molar refractivity (Wildman–Crippen MR) is 125 cm³/mol. The Labute approximate surface area is 192 Å².